The molecule has 0 aliphatic carbocycles. The van der Waals surface area contributed by atoms with Gasteiger partial charge < -0.3 is 5.73 Å². The third-order valence-corrected chi connectivity index (χ3v) is 2.97. The first-order valence-electron chi connectivity index (χ1n) is 5.52. The predicted molar refractivity (Wildman–Crippen MR) is 56.1 cm³/mol. The van der Waals surface area contributed by atoms with E-state index in [0.717, 1.165) is 11.3 Å². The van der Waals surface area contributed by atoms with Gasteiger partial charge in [-0.1, -0.05) is 0 Å². The van der Waals surface area contributed by atoms with Crippen molar-refractivity contribution < 1.29 is 13.2 Å². The Bertz CT molecular complexity index is 372. The van der Waals surface area contributed by atoms with Crippen LogP contribution < -0.4 is 5.73 Å². The van der Waals surface area contributed by atoms with Crippen LogP contribution in [-0.2, 0) is 19.6 Å². The molecule has 1 aromatic heterocycles. The van der Waals surface area contributed by atoms with E-state index in [9.17, 15) is 13.2 Å². The van der Waals surface area contributed by atoms with Crippen molar-refractivity contribution in [3.05, 3.63) is 17.5 Å². The van der Waals surface area contributed by atoms with Crippen LogP contribution >= 0.6 is 0 Å². The number of hydrogen-bond donors (Lipinski definition) is 1. The summed E-state index contributed by atoms with van der Waals surface area (Å²) in [6.45, 7) is 2.16. The lowest BCUT2D eigenvalue weighted by molar-refractivity contribution is -0.138. The molecule has 0 unspecified atom stereocenters. The minimum atomic E-state index is -4.09. The molecular formula is C10H15F3N4. The van der Waals surface area contributed by atoms with Crippen molar-refractivity contribution in [2.24, 2.45) is 5.73 Å². The van der Waals surface area contributed by atoms with Crippen molar-refractivity contribution in [1.29, 1.82) is 0 Å². The Balaban J connectivity index is 1.98. The van der Waals surface area contributed by atoms with Crippen LogP contribution in [0.1, 0.15) is 17.7 Å². The molecule has 0 aromatic carbocycles. The molecule has 0 fully saturated rings. The minimum absolute atomic E-state index is 0.0404. The Morgan fingerprint density at radius 2 is 2.12 bits per heavy atom. The van der Waals surface area contributed by atoms with Gasteiger partial charge in [-0.05, 0) is 0 Å². The van der Waals surface area contributed by atoms with Crippen LogP contribution in [0.25, 0.3) is 0 Å². The monoisotopic (exact) mass is 248 g/mol. The molecule has 0 saturated heterocycles. The summed E-state index contributed by atoms with van der Waals surface area (Å²) in [7, 11) is 0. The fourth-order valence-electron chi connectivity index (χ4n) is 2.00. The summed E-state index contributed by atoms with van der Waals surface area (Å²) >= 11 is 0. The Morgan fingerprint density at radius 3 is 2.76 bits per heavy atom. The molecule has 17 heavy (non-hydrogen) atoms. The summed E-state index contributed by atoms with van der Waals surface area (Å²) in [5.41, 5.74) is 7.42. The molecule has 4 nitrogen and oxygen atoms in total. The summed E-state index contributed by atoms with van der Waals surface area (Å²) in [6.07, 6.45) is -3.16. The lowest BCUT2D eigenvalue weighted by atomic mass is 10.2. The van der Waals surface area contributed by atoms with Gasteiger partial charge in [0.2, 0.25) is 0 Å². The zero-order valence-corrected chi connectivity index (χ0v) is 9.37. The normalized spacial score (nSPS) is 17.2. The summed E-state index contributed by atoms with van der Waals surface area (Å²) in [5.74, 6) is 0. The van der Waals surface area contributed by atoms with Gasteiger partial charge in [0.15, 0.2) is 0 Å². The molecule has 2 N–H and O–H groups in total. The molecule has 0 amide bonds. The lowest BCUT2D eigenvalue weighted by Crippen LogP contribution is -2.36. The molecule has 0 bridgehead atoms. The molecular weight excluding hydrogens is 233 g/mol. The highest BCUT2D eigenvalue weighted by atomic mass is 19.4. The Labute approximate surface area is 97.2 Å². The third kappa shape index (κ3) is 2.98. The van der Waals surface area contributed by atoms with Gasteiger partial charge in [-0.3, -0.25) is 9.58 Å². The van der Waals surface area contributed by atoms with E-state index >= 15 is 0 Å². The summed E-state index contributed by atoms with van der Waals surface area (Å²) in [4.78, 5) is 1.80. The third-order valence-electron chi connectivity index (χ3n) is 2.97. The first kappa shape index (κ1) is 12.4. The highest BCUT2D eigenvalue weighted by Crippen LogP contribution is 2.22. The first-order chi connectivity index (χ1) is 7.99. The van der Waals surface area contributed by atoms with Gasteiger partial charge in [0.1, 0.15) is 0 Å². The number of fused-ring (bicyclic) bond motifs is 1. The first-order valence-corrected chi connectivity index (χ1v) is 5.52. The highest BCUT2D eigenvalue weighted by Gasteiger charge is 2.29. The maximum atomic E-state index is 12.1. The van der Waals surface area contributed by atoms with E-state index in [1.165, 1.54) is 0 Å². The molecule has 0 saturated carbocycles. The summed E-state index contributed by atoms with van der Waals surface area (Å²) in [5, 5.41) is 4.16. The van der Waals surface area contributed by atoms with Crippen LogP contribution in [-0.4, -0.2) is 33.9 Å². The average Bonchev–Trinajstić information content (AvgIpc) is 2.67. The number of halogens is 3. The molecule has 1 aliphatic rings. The van der Waals surface area contributed by atoms with Crippen molar-refractivity contribution in [3.63, 3.8) is 0 Å². The van der Waals surface area contributed by atoms with Crippen molar-refractivity contribution in [1.82, 2.24) is 14.7 Å². The van der Waals surface area contributed by atoms with Crippen LogP contribution in [0.5, 0.6) is 0 Å². The standard InChI is InChI=1S/C10H15F3N4/c11-10(12,13)1-2-16-3-4-17-9(7-16)8(5-14)6-15-17/h6H,1-5,7,14H2. The molecule has 2 rings (SSSR count). The topological polar surface area (TPSA) is 47.1 Å². The molecule has 0 spiro atoms. The van der Waals surface area contributed by atoms with Gasteiger partial charge in [0.05, 0.1) is 24.9 Å². The quantitative estimate of drug-likeness (QED) is 0.871. The Morgan fingerprint density at radius 1 is 1.35 bits per heavy atom. The number of aromatic nitrogens is 2. The molecule has 1 aromatic rings. The maximum absolute atomic E-state index is 12.1. The number of hydrogen-bond acceptors (Lipinski definition) is 3. The Kier molecular flexibility index (Phi) is 3.39. The van der Waals surface area contributed by atoms with Crippen LogP contribution in [0, 0.1) is 0 Å². The van der Waals surface area contributed by atoms with Gasteiger partial charge in [-0.15, -0.1) is 0 Å². The van der Waals surface area contributed by atoms with E-state index in [-0.39, 0.29) is 6.54 Å². The van der Waals surface area contributed by atoms with Crippen LogP contribution in [0.3, 0.4) is 0 Å². The second-order valence-electron chi connectivity index (χ2n) is 4.19. The second-order valence-corrected chi connectivity index (χ2v) is 4.19. The minimum Gasteiger partial charge on any atom is -0.326 e. The zero-order valence-electron chi connectivity index (χ0n) is 9.37. The molecule has 0 atom stereocenters. The predicted octanol–water partition coefficient (Wildman–Crippen LogP) is 1.11. The van der Waals surface area contributed by atoms with Gasteiger partial charge in [-0.25, -0.2) is 0 Å². The smallest absolute Gasteiger partial charge is 0.326 e. The van der Waals surface area contributed by atoms with Crippen molar-refractivity contribution in [2.75, 3.05) is 13.1 Å². The summed E-state index contributed by atoms with van der Waals surface area (Å²) in [6, 6.07) is 0. The van der Waals surface area contributed by atoms with E-state index < -0.39 is 12.6 Å². The van der Waals surface area contributed by atoms with E-state index in [1.807, 2.05) is 4.68 Å². The van der Waals surface area contributed by atoms with Crippen molar-refractivity contribution >= 4 is 0 Å². The van der Waals surface area contributed by atoms with Gasteiger partial charge in [0.25, 0.3) is 0 Å². The highest BCUT2D eigenvalue weighted by molar-refractivity contribution is 5.18. The van der Waals surface area contributed by atoms with E-state index in [1.54, 1.807) is 11.1 Å². The van der Waals surface area contributed by atoms with Crippen LogP contribution in [0.2, 0.25) is 0 Å². The largest absolute Gasteiger partial charge is 0.390 e. The summed E-state index contributed by atoms with van der Waals surface area (Å²) < 4.78 is 38.2. The van der Waals surface area contributed by atoms with Gasteiger partial charge in [-0.2, -0.15) is 18.3 Å². The SMILES string of the molecule is NCc1cnn2c1CN(CCC(F)(F)F)CC2. The van der Waals surface area contributed by atoms with Gasteiger partial charge >= 0.3 is 6.18 Å². The van der Waals surface area contributed by atoms with Gasteiger partial charge in [0, 0.05) is 31.7 Å². The van der Waals surface area contributed by atoms with E-state index in [0.29, 0.717) is 26.2 Å². The van der Waals surface area contributed by atoms with Crippen molar-refractivity contribution in [2.45, 2.75) is 32.2 Å². The average molecular weight is 248 g/mol. The van der Waals surface area contributed by atoms with E-state index in [2.05, 4.69) is 5.10 Å². The van der Waals surface area contributed by atoms with Crippen LogP contribution in [0.15, 0.2) is 6.20 Å². The molecule has 1 aliphatic heterocycles. The number of rotatable bonds is 3. The molecule has 96 valence electrons. The second kappa shape index (κ2) is 4.66. The lowest BCUT2D eigenvalue weighted by Gasteiger charge is -2.28. The number of alkyl halides is 3. The fourth-order valence-corrected chi connectivity index (χ4v) is 2.00. The molecule has 2 heterocycles. The molecule has 0 radical (unpaired) electrons. The zero-order chi connectivity index (χ0) is 12.5. The maximum Gasteiger partial charge on any atom is 0.390 e. The van der Waals surface area contributed by atoms with E-state index in [4.69, 9.17) is 5.73 Å². The fraction of sp³-hybridized carbons (Fsp3) is 0.700. The molecule has 7 heteroatoms. The van der Waals surface area contributed by atoms with Crippen molar-refractivity contribution in [3.8, 4) is 0 Å². The Hall–Kier alpha value is -1.08. The number of nitrogens with zero attached hydrogens (tertiary/aromatic N) is 3. The van der Waals surface area contributed by atoms with Crippen LogP contribution in [0.4, 0.5) is 13.2 Å². The number of nitrogens with two attached hydrogens (primary N) is 1.